The zero-order valence-corrected chi connectivity index (χ0v) is 12.8. The smallest absolute Gasteiger partial charge is 0.151 e. The third kappa shape index (κ3) is 2.82. The first kappa shape index (κ1) is 13.8. The minimum absolute atomic E-state index is 0.568. The van der Waals surface area contributed by atoms with Crippen molar-refractivity contribution in [3.8, 4) is 0 Å². The normalized spacial score (nSPS) is 11.6. The van der Waals surface area contributed by atoms with Crippen LogP contribution in [0.2, 0.25) is 0 Å². The Hall–Kier alpha value is -2.17. The molecule has 0 saturated carbocycles. The number of aryl methyl sites for hydroxylation is 1. The van der Waals surface area contributed by atoms with Gasteiger partial charge in [-0.05, 0) is 18.9 Å². The molecule has 5 heteroatoms. The van der Waals surface area contributed by atoms with Gasteiger partial charge >= 0.3 is 0 Å². The van der Waals surface area contributed by atoms with Crippen molar-refractivity contribution in [2.45, 2.75) is 40.2 Å². The Balaban J connectivity index is 1.91. The maximum atomic E-state index is 4.71. The summed E-state index contributed by atoms with van der Waals surface area (Å²) in [5.74, 6) is 2.51. The van der Waals surface area contributed by atoms with E-state index in [2.05, 4.69) is 42.1 Å². The lowest BCUT2D eigenvalue weighted by atomic mass is 10.1. The summed E-state index contributed by atoms with van der Waals surface area (Å²) in [7, 11) is 0. The quantitative estimate of drug-likeness (QED) is 0.783. The molecule has 0 fully saturated rings. The molecule has 0 bridgehead atoms. The van der Waals surface area contributed by atoms with Gasteiger partial charge in [0.15, 0.2) is 5.82 Å². The van der Waals surface area contributed by atoms with E-state index in [-0.39, 0.29) is 0 Å². The number of aromatic amines is 1. The van der Waals surface area contributed by atoms with Gasteiger partial charge in [-0.3, -0.25) is 5.10 Å². The Labute approximate surface area is 124 Å². The van der Waals surface area contributed by atoms with Crippen molar-refractivity contribution in [3.63, 3.8) is 0 Å². The van der Waals surface area contributed by atoms with E-state index in [0.29, 0.717) is 5.92 Å². The molecule has 0 aliphatic carbocycles. The second-order valence-electron chi connectivity index (χ2n) is 5.75. The second kappa shape index (κ2) is 5.68. The number of nitrogens with zero attached hydrogens (tertiary/aromatic N) is 4. The van der Waals surface area contributed by atoms with Gasteiger partial charge in [0, 0.05) is 24.8 Å². The fraction of sp³-hybridized carbons (Fsp3) is 0.438. The first-order valence-electron chi connectivity index (χ1n) is 7.52. The minimum atomic E-state index is 0.568. The van der Waals surface area contributed by atoms with Gasteiger partial charge in [-0.2, -0.15) is 10.2 Å². The van der Waals surface area contributed by atoms with Crippen molar-refractivity contribution in [1.82, 2.24) is 25.0 Å². The van der Waals surface area contributed by atoms with E-state index in [9.17, 15) is 0 Å². The average molecular weight is 283 g/mol. The molecule has 1 N–H and O–H groups in total. The zero-order chi connectivity index (χ0) is 14.8. The summed E-state index contributed by atoms with van der Waals surface area (Å²) < 4.78 is 1.99. The first-order valence-corrected chi connectivity index (χ1v) is 7.52. The summed E-state index contributed by atoms with van der Waals surface area (Å²) in [4.78, 5) is 4.71. The highest BCUT2D eigenvalue weighted by molar-refractivity contribution is 5.81. The van der Waals surface area contributed by atoms with Gasteiger partial charge < -0.3 is 0 Å². The molecule has 0 saturated heterocycles. The topological polar surface area (TPSA) is 59.4 Å². The number of fused-ring (bicyclic) bond motifs is 1. The van der Waals surface area contributed by atoms with Crippen LogP contribution in [0.25, 0.3) is 10.9 Å². The number of para-hydroxylation sites is 1. The van der Waals surface area contributed by atoms with Gasteiger partial charge in [0.2, 0.25) is 0 Å². The maximum absolute atomic E-state index is 4.71. The summed E-state index contributed by atoms with van der Waals surface area (Å²) in [5.41, 5.74) is 2.10. The van der Waals surface area contributed by atoms with Crippen molar-refractivity contribution in [2.24, 2.45) is 5.92 Å². The highest BCUT2D eigenvalue weighted by Gasteiger charge is 2.13. The van der Waals surface area contributed by atoms with Gasteiger partial charge in [0.25, 0.3) is 0 Å². The Kier molecular flexibility index (Phi) is 3.73. The molecule has 3 aromatic rings. The predicted molar refractivity (Wildman–Crippen MR) is 83.1 cm³/mol. The molecule has 0 radical (unpaired) electrons. The molecule has 0 unspecified atom stereocenters. The van der Waals surface area contributed by atoms with Crippen LogP contribution in [-0.2, 0) is 19.4 Å². The van der Waals surface area contributed by atoms with Crippen LogP contribution in [-0.4, -0.2) is 25.0 Å². The molecule has 2 heterocycles. The molecule has 0 atom stereocenters. The lowest BCUT2D eigenvalue weighted by Gasteiger charge is -2.01. The highest BCUT2D eigenvalue weighted by atomic mass is 15.3. The van der Waals surface area contributed by atoms with Crippen molar-refractivity contribution < 1.29 is 0 Å². The molecule has 3 rings (SSSR count). The Morgan fingerprint density at radius 2 is 2.05 bits per heavy atom. The van der Waals surface area contributed by atoms with Crippen molar-refractivity contribution >= 4 is 10.9 Å². The van der Waals surface area contributed by atoms with Crippen molar-refractivity contribution in [2.75, 3.05) is 0 Å². The largest absolute Gasteiger partial charge is 0.281 e. The fourth-order valence-corrected chi connectivity index (χ4v) is 2.57. The van der Waals surface area contributed by atoms with E-state index < -0.39 is 0 Å². The second-order valence-corrected chi connectivity index (χ2v) is 5.75. The fourth-order valence-electron chi connectivity index (χ4n) is 2.57. The van der Waals surface area contributed by atoms with Crippen LogP contribution in [0.1, 0.15) is 38.1 Å². The Morgan fingerprint density at radius 3 is 2.81 bits per heavy atom. The van der Waals surface area contributed by atoms with E-state index in [0.717, 1.165) is 47.6 Å². The molecular formula is C16H21N5. The molecule has 0 amide bonds. The number of nitrogens with one attached hydrogen (secondary N) is 1. The predicted octanol–water partition coefficient (Wildman–Crippen LogP) is 2.96. The zero-order valence-electron chi connectivity index (χ0n) is 12.8. The SMILES string of the molecule is CCn1nc(CC(C)C)nc1Cc1[nH]nc2ccccc12. The van der Waals surface area contributed by atoms with Crippen molar-refractivity contribution in [3.05, 3.63) is 41.6 Å². The number of H-pyrrole nitrogens is 1. The van der Waals surface area contributed by atoms with E-state index in [1.165, 1.54) is 0 Å². The molecule has 5 nitrogen and oxygen atoms in total. The minimum Gasteiger partial charge on any atom is -0.281 e. The number of hydrogen-bond donors (Lipinski definition) is 1. The average Bonchev–Trinajstić information content (AvgIpc) is 3.03. The maximum Gasteiger partial charge on any atom is 0.151 e. The number of rotatable bonds is 5. The van der Waals surface area contributed by atoms with Gasteiger partial charge in [-0.1, -0.05) is 32.0 Å². The molecular weight excluding hydrogens is 262 g/mol. The van der Waals surface area contributed by atoms with Crippen LogP contribution < -0.4 is 0 Å². The molecule has 0 spiro atoms. The van der Waals surface area contributed by atoms with Gasteiger partial charge in [-0.25, -0.2) is 9.67 Å². The van der Waals surface area contributed by atoms with Crippen molar-refractivity contribution in [1.29, 1.82) is 0 Å². The molecule has 1 aromatic carbocycles. The molecule has 21 heavy (non-hydrogen) atoms. The number of hydrogen-bond acceptors (Lipinski definition) is 3. The Morgan fingerprint density at radius 1 is 1.24 bits per heavy atom. The summed E-state index contributed by atoms with van der Waals surface area (Å²) >= 11 is 0. The summed E-state index contributed by atoms with van der Waals surface area (Å²) in [6.07, 6.45) is 1.66. The summed E-state index contributed by atoms with van der Waals surface area (Å²) in [5, 5.41) is 13.2. The standard InChI is InChI=1S/C16H21N5/c1-4-21-16(17-15(20-21)9-11(2)3)10-14-12-7-5-6-8-13(12)18-19-14/h5-8,11H,4,9-10H2,1-3H3,(H,18,19). The van der Waals surface area contributed by atoms with Crippen LogP contribution in [0, 0.1) is 5.92 Å². The monoisotopic (exact) mass is 283 g/mol. The third-order valence-electron chi connectivity index (χ3n) is 3.56. The van der Waals surface area contributed by atoms with Gasteiger partial charge in [0.1, 0.15) is 5.82 Å². The number of aromatic nitrogens is 5. The van der Waals surface area contributed by atoms with Crippen LogP contribution in [0.15, 0.2) is 24.3 Å². The first-order chi connectivity index (χ1) is 10.2. The molecule has 2 aromatic heterocycles. The van der Waals surface area contributed by atoms with Crippen LogP contribution in [0.4, 0.5) is 0 Å². The van der Waals surface area contributed by atoms with Crippen LogP contribution in [0.5, 0.6) is 0 Å². The van der Waals surface area contributed by atoms with Crippen LogP contribution in [0.3, 0.4) is 0 Å². The molecule has 0 aliphatic rings. The summed E-state index contributed by atoms with van der Waals surface area (Å²) in [6.45, 7) is 7.32. The molecule has 0 aliphatic heterocycles. The summed E-state index contributed by atoms with van der Waals surface area (Å²) in [6, 6.07) is 8.15. The van der Waals surface area contributed by atoms with E-state index in [1.54, 1.807) is 0 Å². The van der Waals surface area contributed by atoms with Gasteiger partial charge in [0.05, 0.1) is 11.2 Å². The van der Waals surface area contributed by atoms with E-state index in [1.807, 2.05) is 22.9 Å². The van der Waals surface area contributed by atoms with Crippen LogP contribution >= 0.6 is 0 Å². The van der Waals surface area contributed by atoms with E-state index >= 15 is 0 Å². The van der Waals surface area contributed by atoms with E-state index in [4.69, 9.17) is 4.98 Å². The highest BCUT2D eigenvalue weighted by Crippen LogP contribution is 2.18. The number of benzene rings is 1. The van der Waals surface area contributed by atoms with Gasteiger partial charge in [-0.15, -0.1) is 0 Å². The Bertz CT molecular complexity index is 738. The lowest BCUT2D eigenvalue weighted by molar-refractivity contribution is 0.588. The molecule has 110 valence electrons. The third-order valence-corrected chi connectivity index (χ3v) is 3.56. The lowest BCUT2D eigenvalue weighted by Crippen LogP contribution is -2.05.